The molecule has 3 nitrogen and oxygen atoms in total. The Bertz CT molecular complexity index is 359. The third kappa shape index (κ3) is 1.84. The van der Waals surface area contributed by atoms with E-state index in [1.165, 1.54) is 0 Å². The van der Waals surface area contributed by atoms with Crippen LogP contribution in [0, 0.1) is 6.92 Å². The minimum atomic E-state index is 0.0529. The number of nitrogens with two attached hydrogens (primary N) is 2. The molecule has 0 aliphatic carbocycles. The number of carbonyl (C=O) groups is 1. The Morgan fingerprint density at radius 1 is 1.29 bits per heavy atom. The van der Waals surface area contributed by atoms with E-state index in [2.05, 4.69) is 0 Å². The van der Waals surface area contributed by atoms with Gasteiger partial charge in [0.1, 0.15) is 0 Å². The Morgan fingerprint density at radius 3 is 2.36 bits per heavy atom. The van der Waals surface area contributed by atoms with Gasteiger partial charge in [-0.25, -0.2) is 0 Å². The molecule has 0 bridgehead atoms. The van der Waals surface area contributed by atoms with E-state index in [0.717, 1.165) is 16.7 Å². The minimum absolute atomic E-state index is 0.0529. The zero-order valence-corrected chi connectivity index (χ0v) is 8.63. The molecule has 0 fully saturated rings. The molecule has 1 rings (SSSR count). The molecule has 0 saturated carbocycles. The van der Waals surface area contributed by atoms with E-state index in [9.17, 15) is 4.79 Å². The number of rotatable bonds is 3. The fourth-order valence-electron chi connectivity index (χ4n) is 1.62. The summed E-state index contributed by atoms with van der Waals surface area (Å²) in [5, 5.41) is 0. The van der Waals surface area contributed by atoms with Gasteiger partial charge in [0.2, 0.25) is 0 Å². The van der Waals surface area contributed by atoms with Crippen LogP contribution in [0.2, 0.25) is 0 Å². The van der Waals surface area contributed by atoms with Crippen molar-refractivity contribution in [3.05, 3.63) is 34.4 Å². The van der Waals surface area contributed by atoms with E-state index in [1.54, 1.807) is 13.0 Å². The van der Waals surface area contributed by atoms with E-state index in [-0.39, 0.29) is 5.78 Å². The number of ketones is 1. The zero-order valence-electron chi connectivity index (χ0n) is 8.63. The lowest BCUT2D eigenvalue weighted by molar-refractivity contribution is 0.101. The van der Waals surface area contributed by atoms with Gasteiger partial charge in [0.25, 0.3) is 0 Å². The molecular weight excluding hydrogens is 176 g/mol. The van der Waals surface area contributed by atoms with Crippen LogP contribution in [-0.4, -0.2) is 5.78 Å². The predicted octanol–water partition coefficient (Wildman–Crippen LogP) is 1.12. The van der Waals surface area contributed by atoms with E-state index in [0.29, 0.717) is 18.7 Å². The van der Waals surface area contributed by atoms with Crippen molar-refractivity contribution in [2.45, 2.75) is 26.9 Å². The second kappa shape index (κ2) is 4.35. The van der Waals surface area contributed by atoms with E-state index >= 15 is 0 Å². The minimum Gasteiger partial charge on any atom is -0.326 e. The molecule has 0 saturated heterocycles. The summed E-state index contributed by atoms with van der Waals surface area (Å²) in [6.07, 6.45) is 0. The maximum absolute atomic E-state index is 11.3. The molecular formula is C11H16N2O. The topological polar surface area (TPSA) is 69.1 Å². The average molecular weight is 192 g/mol. The molecule has 0 atom stereocenters. The number of hydrogen-bond acceptors (Lipinski definition) is 3. The molecule has 0 heterocycles. The van der Waals surface area contributed by atoms with Crippen LogP contribution in [0.5, 0.6) is 0 Å². The van der Waals surface area contributed by atoms with Crippen molar-refractivity contribution in [1.82, 2.24) is 0 Å². The Hall–Kier alpha value is -1.19. The average Bonchev–Trinajstić information content (AvgIpc) is 2.17. The molecule has 0 aliphatic heterocycles. The van der Waals surface area contributed by atoms with Gasteiger partial charge in [0.05, 0.1) is 0 Å². The second-order valence-electron chi connectivity index (χ2n) is 3.34. The summed E-state index contributed by atoms with van der Waals surface area (Å²) < 4.78 is 0. The van der Waals surface area contributed by atoms with Crippen LogP contribution in [0.3, 0.4) is 0 Å². The fourth-order valence-corrected chi connectivity index (χ4v) is 1.62. The van der Waals surface area contributed by atoms with E-state index in [1.807, 2.05) is 13.0 Å². The number of benzene rings is 1. The summed E-state index contributed by atoms with van der Waals surface area (Å²) in [5.41, 5.74) is 14.9. The highest BCUT2D eigenvalue weighted by Crippen LogP contribution is 2.18. The summed E-state index contributed by atoms with van der Waals surface area (Å²) in [4.78, 5) is 11.3. The number of hydrogen-bond donors (Lipinski definition) is 2. The van der Waals surface area contributed by atoms with Crippen LogP contribution < -0.4 is 11.5 Å². The highest BCUT2D eigenvalue weighted by molar-refractivity contribution is 5.96. The van der Waals surface area contributed by atoms with Gasteiger partial charge in [-0.1, -0.05) is 12.1 Å². The molecule has 0 aliphatic rings. The summed E-state index contributed by atoms with van der Waals surface area (Å²) in [5.74, 6) is 0.0529. The van der Waals surface area contributed by atoms with Crippen LogP contribution >= 0.6 is 0 Å². The summed E-state index contributed by atoms with van der Waals surface area (Å²) in [6, 6.07) is 3.70. The first-order valence-corrected chi connectivity index (χ1v) is 4.64. The van der Waals surface area contributed by atoms with Crippen molar-refractivity contribution in [3.63, 3.8) is 0 Å². The summed E-state index contributed by atoms with van der Waals surface area (Å²) in [6.45, 7) is 4.37. The number of Topliss-reactive ketones (excluding diaryl/α,β-unsaturated/α-hetero) is 1. The smallest absolute Gasteiger partial charge is 0.160 e. The van der Waals surface area contributed by atoms with E-state index in [4.69, 9.17) is 11.5 Å². The van der Waals surface area contributed by atoms with Crippen molar-refractivity contribution in [3.8, 4) is 0 Å². The molecule has 3 heteroatoms. The maximum Gasteiger partial charge on any atom is 0.160 e. The van der Waals surface area contributed by atoms with Crippen LogP contribution in [0.15, 0.2) is 12.1 Å². The van der Waals surface area contributed by atoms with Gasteiger partial charge in [-0.2, -0.15) is 0 Å². The summed E-state index contributed by atoms with van der Waals surface area (Å²) >= 11 is 0. The molecule has 0 radical (unpaired) electrons. The van der Waals surface area contributed by atoms with Crippen molar-refractivity contribution in [2.75, 3.05) is 0 Å². The molecule has 0 aromatic heterocycles. The van der Waals surface area contributed by atoms with Gasteiger partial charge >= 0.3 is 0 Å². The first-order chi connectivity index (χ1) is 6.61. The van der Waals surface area contributed by atoms with Gasteiger partial charge < -0.3 is 11.5 Å². The summed E-state index contributed by atoms with van der Waals surface area (Å²) in [7, 11) is 0. The first kappa shape index (κ1) is 10.9. The van der Waals surface area contributed by atoms with Crippen LogP contribution in [0.25, 0.3) is 0 Å². The van der Waals surface area contributed by atoms with Crippen molar-refractivity contribution >= 4 is 5.78 Å². The van der Waals surface area contributed by atoms with Gasteiger partial charge in [-0.05, 0) is 30.5 Å². The van der Waals surface area contributed by atoms with Crippen molar-refractivity contribution in [1.29, 1.82) is 0 Å². The third-order valence-electron chi connectivity index (χ3n) is 2.51. The molecule has 76 valence electrons. The van der Waals surface area contributed by atoms with Crippen molar-refractivity contribution in [2.24, 2.45) is 11.5 Å². The largest absolute Gasteiger partial charge is 0.326 e. The predicted molar refractivity (Wildman–Crippen MR) is 57.0 cm³/mol. The second-order valence-corrected chi connectivity index (χ2v) is 3.34. The Labute approximate surface area is 84.1 Å². The van der Waals surface area contributed by atoms with Crippen LogP contribution in [0.1, 0.15) is 34.0 Å². The highest BCUT2D eigenvalue weighted by Gasteiger charge is 2.10. The third-order valence-corrected chi connectivity index (χ3v) is 2.51. The lowest BCUT2D eigenvalue weighted by atomic mass is 9.95. The maximum atomic E-state index is 11.3. The molecule has 4 N–H and O–H groups in total. The first-order valence-electron chi connectivity index (χ1n) is 4.64. The Balaban J connectivity index is 3.35. The van der Waals surface area contributed by atoms with Crippen molar-refractivity contribution < 1.29 is 4.79 Å². The zero-order chi connectivity index (χ0) is 10.7. The fraction of sp³-hybridized carbons (Fsp3) is 0.364. The molecule has 1 aromatic carbocycles. The number of carbonyl (C=O) groups excluding carboxylic acids is 1. The quantitative estimate of drug-likeness (QED) is 0.705. The van der Waals surface area contributed by atoms with Gasteiger partial charge in [0.15, 0.2) is 5.78 Å². The van der Waals surface area contributed by atoms with Gasteiger partial charge in [-0.3, -0.25) is 4.79 Å². The Morgan fingerprint density at radius 2 is 1.93 bits per heavy atom. The van der Waals surface area contributed by atoms with Crippen LogP contribution in [-0.2, 0) is 13.1 Å². The van der Waals surface area contributed by atoms with Crippen LogP contribution in [0.4, 0.5) is 0 Å². The molecule has 14 heavy (non-hydrogen) atoms. The molecule has 0 spiro atoms. The lowest BCUT2D eigenvalue weighted by Crippen LogP contribution is -2.10. The highest BCUT2D eigenvalue weighted by atomic mass is 16.1. The monoisotopic (exact) mass is 192 g/mol. The van der Waals surface area contributed by atoms with Gasteiger partial charge in [0, 0.05) is 18.7 Å². The van der Waals surface area contributed by atoms with E-state index < -0.39 is 0 Å². The SMILES string of the molecule is CC(=O)c1ccc(CN)c(C)c1CN. The Kier molecular flexibility index (Phi) is 3.38. The normalized spacial score (nSPS) is 10.3. The molecule has 0 unspecified atom stereocenters. The standard InChI is InChI=1S/C11H16N2O/c1-7-9(5-12)3-4-10(8(2)14)11(7)6-13/h3-4H,5-6,12-13H2,1-2H3. The lowest BCUT2D eigenvalue weighted by Gasteiger charge is -2.12. The molecule has 1 aromatic rings. The van der Waals surface area contributed by atoms with Gasteiger partial charge in [-0.15, -0.1) is 0 Å². The molecule has 0 amide bonds.